The number of anilines is 1. The lowest BCUT2D eigenvalue weighted by molar-refractivity contribution is -0.116. The second kappa shape index (κ2) is 13.2. The van der Waals surface area contributed by atoms with E-state index in [0.717, 1.165) is 17.0 Å². The Morgan fingerprint density at radius 3 is 2.09 bits per heavy atom. The topological polar surface area (TPSA) is 90.1 Å². The third-order valence-corrected chi connectivity index (χ3v) is 4.94. The number of rotatable bonds is 11. The summed E-state index contributed by atoms with van der Waals surface area (Å²) < 4.78 is 21.1. The van der Waals surface area contributed by atoms with Crippen LogP contribution in [0.2, 0.25) is 0 Å². The number of hydrogen-bond acceptors (Lipinski definition) is 6. The number of thiocarbonyl (C=S) groups is 1. The Kier molecular flexibility index (Phi) is 10.3. The molecular formula is C24H31N3O5S. The van der Waals surface area contributed by atoms with E-state index >= 15 is 0 Å². The van der Waals surface area contributed by atoms with Crippen LogP contribution in [0.3, 0.4) is 0 Å². The second-order valence-corrected chi connectivity index (χ2v) is 7.61. The van der Waals surface area contributed by atoms with E-state index < -0.39 is 0 Å². The third-order valence-electron chi connectivity index (χ3n) is 4.70. The predicted octanol–water partition coefficient (Wildman–Crippen LogP) is 3.47. The molecule has 0 spiro atoms. The van der Waals surface area contributed by atoms with Gasteiger partial charge in [0.15, 0.2) is 16.6 Å². The van der Waals surface area contributed by atoms with E-state index in [4.69, 9.17) is 31.2 Å². The fraction of sp³-hybridized carbons (Fsp3) is 0.333. The first-order chi connectivity index (χ1) is 15.9. The van der Waals surface area contributed by atoms with Crippen LogP contribution in [0.1, 0.15) is 12.5 Å². The summed E-state index contributed by atoms with van der Waals surface area (Å²) in [4.78, 5) is 12.2. The Bertz CT molecular complexity index is 938. The van der Waals surface area contributed by atoms with Crippen molar-refractivity contribution in [3.8, 4) is 23.0 Å². The average molecular weight is 474 g/mol. The molecule has 1 atom stereocenters. The average Bonchev–Trinajstić information content (AvgIpc) is 2.84. The number of carbonyl (C=O) groups is 1. The Morgan fingerprint density at radius 2 is 1.55 bits per heavy atom. The van der Waals surface area contributed by atoms with Gasteiger partial charge in [0.25, 0.3) is 0 Å². The van der Waals surface area contributed by atoms with E-state index in [-0.39, 0.29) is 11.8 Å². The predicted molar refractivity (Wildman–Crippen MR) is 135 cm³/mol. The van der Waals surface area contributed by atoms with Gasteiger partial charge in [-0.2, -0.15) is 0 Å². The van der Waals surface area contributed by atoms with Gasteiger partial charge in [-0.05, 0) is 66.2 Å². The summed E-state index contributed by atoms with van der Waals surface area (Å²) in [5.41, 5.74) is 1.62. The summed E-state index contributed by atoms with van der Waals surface area (Å²) in [6.45, 7) is 3.13. The van der Waals surface area contributed by atoms with Gasteiger partial charge < -0.3 is 34.9 Å². The van der Waals surface area contributed by atoms with Gasteiger partial charge >= 0.3 is 0 Å². The van der Waals surface area contributed by atoms with Crippen LogP contribution in [0.4, 0.5) is 5.69 Å². The van der Waals surface area contributed by atoms with Gasteiger partial charge in [-0.15, -0.1) is 0 Å². The van der Waals surface area contributed by atoms with E-state index in [1.54, 1.807) is 46.6 Å². The standard InChI is InChI=1S/C24H31N3O5S/c1-16(15-26-24(33)27-18-7-9-19(29-2)10-8-18)14-25-22(28)11-6-17-12-20(30-3)23(32-5)21(13-17)31-4/h6-13,16H,14-15H2,1-5H3,(H,25,28)(H2,26,27,33). The first kappa shape index (κ1) is 25.8. The highest BCUT2D eigenvalue weighted by Crippen LogP contribution is 2.38. The maximum Gasteiger partial charge on any atom is 0.244 e. The number of amides is 1. The molecular weight excluding hydrogens is 442 g/mol. The third kappa shape index (κ3) is 8.19. The van der Waals surface area contributed by atoms with Crippen molar-refractivity contribution in [2.75, 3.05) is 46.8 Å². The molecule has 3 N–H and O–H groups in total. The molecule has 0 radical (unpaired) electrons. The van der Waals surface area contributed by atoms with Crippen molar-refractivity contribution >= 4 is 35.0 Å². The lowest BCUT2D eigenvalue weighted by atomic mass is 10.1. The summed E-state index contributed by atoms with van der Waals surface area (Å²) >= 11 is 5.32. The molecule has 9 heteroatoms. The van der Waals surface area contributed by atoms with E-state index in [0.29, 0.717) is 35.5 Å². The van der Waals surface area contributed by atoms with Crippen LogP contribution in [0, 0.1) is 5.92 Å². The molecule has 2 aromatic rings. The van der Waals surface area contributed by atoms with Crippen molar-refractivity contribution in [1.29, 1.82) is 0 Å². The minimum absolute atomic E-state index is 0.166. The smallest absolute Gasteiger partial charge is 0.244 e. The van der Waals surface area contributed by atoms with Gasteiger partial charge in [0.05, 0.1) is 28.4 Å². The highest BCUT2D eigenvalue weighted by Gasteiger charge is 2.12. The van der Waals surface area contributed by atoms with Gasteiger partial charge in [-0.3, -0.25) is 4.79 Å². The van der Waals surface area contributed by atoms with Crippen molar-refractivity contribution in [3.05, 3.63) is 48.0 Å². The van der Waals surface area contributed by atoms with Gasteiger partial charge in [0.2, 0.25) is 11.7 Å². The zero-order chi connectivity index (χ0) is 24.2. The van der Waals surface area contributed by atoms with Crippen molar-refractivity contribution in [2.24, 2.45) is 5.92 Å². The lowest BCUT2D eigenvalue weighted by Crippen LogP contribution is -2.36. The monoisotopic (exact) mass is 473 g/mol. The minimum Gasteiger partial charge on any atom is -0.497 e. The summed E-state index contributed by atoms with van der Waals surface area (Å²) in [6.07, 6.45) is 3.16. The van der Waals surface area contributed by atoms with Crippen LogP contribution in [-0.2, 0) is 4.79 Å². The van der Waals surface area contributed by atoms with Crippen molar-refractivity contribution in [3.63, 3.8) is 0 Å². The Hall–Kier alpha value is -3.46. The molecule has 0 saturated carbocycles. The fourth-order valence-corrected chi connectivity index (χ4v) is 3.09. The first-order valence-corrected chi connectivity index (χ1v) is 10.8. The van der Waals surface area contributed by atoms with Crippen LogP contribution in [0.5, 0.6) is 23.0 Å². The normalized spacial score (nSPS) is 11.4. The van der Waals surface area contributed by atoms with Crippen LogP contribution >= 0.6 is 12.2 Å². The lowest BCUT2D eigenvalue weighted by Gasteiger charge is -2.15. The SMILES string of the molecule is COc1ccc(NC(=S)NCC(C)CNC(=O)C=Cc2cc(OC)c(OC)c(OC)c2)cc1. The molecule has 0 bridgehead atoms. The quantitative estimate of drug-likeness (QED) is 0.338. The Morgan fingerprint density at radius 1 is 0.939 bits per heavy atom. The van der Waals surface area contributed by atoms with Gasteiger partial charge in [0, 0.05) is 24.9 Å². The number of benzene rings is 2. The number of ether oxygens (including phenoxy) is 4. The molecule has 0 aromatic heterocycles. The summed E-state index contributed by atoms with van der Waals surface area (Å²) in [5, 5.41) is 9.68. The molecule has 0 aliphatic heterocycles. The Balaban J connectivity index is 1.79. The number of nitrogens with one attached hydrogen (secondary N) is 3. The van der Waals surface area contributed by atoms with E-state index in [2.05, 4.69) is 16.0 Å². The summed E-state index contributed by atoms with van der Waals surface area (Å²) in [7, 11) is 6.26. The highest BCUT2D eigenvalue weighted by atomic mass is 32.1. The molecule has 0 saturated heterocycles. The number of hydrogen-bond donors (Lipinski definition) is 3. The molecule has 1 amide bonds. The maximum atomic E-state index is 12.2. The fourth-order valence-electron chi connectivity index (χ4n) is 2.89. The van der Waals surface area contributed by atoms with Gasteiger partial charge in [-0.25, -0.2) is 0 Å². The van der Waals surface area contributed by atoms with Crippen molar-refractivity contribution < 1.29 is 23.7 Å². The van der Waals surface area contributed by atoms with E-state index in [1.807, 2.05) is 31.2 Å². The maximum absolute atomic E-state index is 12.2. The van der Waals surface area contributed by atoms with E-state index in [1.165, 1.54) is 6.08 Å². The number of methoxy groups -OCH3 is 4. The largest absolute Gasteiger partial charge is 0.497 e. The van der Waals surface area contributed by atoms with Crippen molar-refractivity contribution in [1.82, 2.24) is 10.6 Å². The van der Waals surface area contributed by atoms with Gasteiger partial charge in [-0.1, -0.05) is 6.92 Å². The first-order valence-electron chi connectivity index (χ1n) is 10.3. The van der Waals surface area contributed by atoms with Crippen molar-refractivity contribution in [2.45, 2.75) is 6.92 Å². The molecule has 33 heavy (non-hydrogen) atoms. The summed E-state index contributed by atoms with van der Waals surface area (Å²) in [5.74, 6) is 2.30. The molecule has 8 nitrogen and oxygen atoms in total. The molecule has 2 aromatic carbocycles. The zero-order valence-corrected chi connectivity index (χ0v) is 20.4. The number of carbonyl (C=O) groups excluding carboxylic acids is 1. The Labute approximate surface area is 200 Å². The molecule has 2 rings (SSSR count). The zero-order valence-electron chi connectivity index (χ0n) is 19.6. The second-order valence-electron chi connectivity index (χ2n) is 7.21. The molecule has 1 unspecified atom stereocenters. The van der Waals surface area contributed by atoms with Crippen LogP contribution in [-0.4, -0.2) is 52.5 Å². The molecule has 0 aliphatic rings. The van der Waals surface area contributed by atoms with Crippen LogP contribution in [0.25, 0.3) is 6.08 Å². The van der Waals surface area contributed by atoms with Crippen LogP contribution < -0.4 is 34.9 Å². The molecule has 0 heterocycles. The van der Waals surface area contributed by atoms with Crippen LogP contribution in [0.15, 0.2) is 42.5 Å². The molecule has 178 valence electrons. The highest BCUT2D eigenvalue weighted by molar-refractivity contribution is 7.80. The van der Waals surface area contributed by atoms with Gasteiger partial charge in [0.1, 0.15) is 5.75 Å². The van der Waals surface area contributed by atoms with E-state index in [9.17, 15) is 4.79 Å². The molecule has 0 aliphatic carbocycles. The molecule has 0 fully saturated rings. The summed E-state index contributed by atoms with van der Waals surface area (Å²) in [6, 6.07) is 11.0. The minimum atomic E-state index is -0.200.